The van der Waals surface area contributed by atoms with Crippen molar-refractivity contribution < 1.29 is 24.6 Å². The zero-order chi connectivity index (χ0) is 27.6. The van der Waals surface area contributed by atoms with Crippen molar-refractivity contribution in [2.75, 3.05) is 13.1 Å². The number of aromatic nitrogens is 1. The molecule has 4 rings (SSSR count). The van der Waals surface area contributed by atoms with E-state index in [4.69, 9.17) is 0 Å². The van der Waals surface area contributed by atoms with Crippen molar-refractivity contribution in [3.05, 3.63) is 64.3 Å². The Morgan fingerprint density at radius 1 is 1.26 bits per heavy atom. The summed E-state index contributed by atoms with van der Waals surface area (Å²) in [5.41, 5.74) is 6.03. The first kappa shape index (κ1) is 27.7. The molecule has 9 nitrogen and oxygen atoms in total. The lowest BCUT2D eigenvalue weighted by Gasteiger charge is -2.34. The third kappa shape index (κ3) is 5.57. The van der Waals surface area contributed by atoms with Crippen molar-refractivity contribution in [3.8, 4) is 10.4 Å². The zero-order valence-corrected chi connectivity index (χ0v) is 22.9. The molecule has 0 unspecified atom stereocenters. The van der Waals surface area contributed by atoms with Crippen LogP contribution in [0.5, 0.6) is 0 Å². The molecule has 202 valence electrons. The highest BCUT2D eigenvalue weighted by atomic mass is 32.1. The molecule has 2 aromatic rings. The highest BCUT2D eigenvalue weighted by molar-refractivity contribution is 7.13. The molecule has 2 aliphatic heterocycles. The quantitative estimate of drug-likeness (QED) is 0.474. The number of hydrogen-bond donors (Lipinski definition) is 3. The third-order valence-electron chi connectivity index (χ3n) is 7.03. The first-order valence-electron chi connectivity index (χ1n) is 12.7. The topological polar surface area (TPSA) is 123 Å². The molecule has 1 fully saturated rings. The Balaban J connectivity index is 1.44. The maximum atomic E-state index is 13.6. The van der Waals surface area contributed by atoms with Gasteiger partial charge in [-0.25, -0.2) is 4.98 Å². The smallest absolute Gasteiger partial charge is 0.254 e. The van der Waals surface area contributed by atoms with E-state index in [1.807, 2.05) is 43.6 Å². The standard InChI is InChI=1S/C28H34N4O5S/c1-5-6-22-16(2)13-32(27(22)36)24(18(4)33)28(37)31-14-21(34)11-23(31)26(35)29-12-19-7-9-20(10-8-19)25-17(3)30-15-38-25/h5-10,15,18,21,23-24,33-34H,11-14H2,1-4H3,(H,29,35)/b6-5-/t18-,21+,23-,24-/m0/s1. The molecule has 0 bridgehead atoms. The fourth-order valence-electron chi connectivity index (χ4n) is 5.09. The van der Waals surface area contributed by atoms with E-state index < -0.39 is 36.1 Å². The van der Waals surface area contributed by atoms with Crippen LogP contribution >= 0.6 is 11.3 Å². The molecule has 2 aliphatic rings. The molecule has 3 N–H and O–H groups in total. The fraction of sp³-hybridized carbons (Fsp3) is 0.429. The molecule has 3 amide bonds. The predicted octanol–water partition coefficient (Wildman–Crippen LogP) is 2.18. The van der Waals surface area contributed by atoms with Crippen LogP contribution in [0, 0.1) is 6.92 Å². The van der Waals surface area contributed by atoms with Crippen molar-refractivity contribution in [1.82, 2.24) is 20.1 Å². The third-order valence-corrected chi connectivity index (χ3v) is 8.01. The number of aryl methyl sites for hydroxylation is 1. The minimum atomic E-state index is -1.16. The summed E-state index contributed by atoms with van der Waals surface area (Å²) in [5, 5.41) is 23.8. The Labute approximate surface area is 226 Å². The van der Waals surface area contributed by atoms with E-state index in [9.17, 15) is 24.6 Å². The largest absolute Gasteiger partial charge is 0.391 e. The van der Waals surface area contributed by atoms with Crippen LogP contribution in [-0.2, 0) is 20.9 Å². The van der Waals surface area contributed by atoms with Gasteiger partial charge in [0.05, 0.1) is 28.3 Å². The van der Waals surface area contributed by atoms with Crippen LogP contribution in [0.1, 0.15) is 38.4 Å². The van der Waals surface area contributed by atoms with Crippen molar-refractivity contribution >= 4 is 29.1 Å². The lowest BCUT2D eigenvalue weighted by molar-refractivity contribution is -0.150. The molecule has 10 heteroatoms. The number of likely N-dealkylation sites (tertiary alicyclic amines) is 1. The normalized spacial score (nSPS) is 21.5. The maximum Gasteiger partial charge on any atom is 0.254 e. The van der Waals surface area contributed by atoms with E-state index in [1.54, 1.807) is 30.4 Å². The average molecular weight is 539 g/mol. The van der Waals surface area contributed by atoms with Gasteiger partial charge < -0.3 is 25.3 Å². The summed E-state index contributed by atoms with van der Waals surface area (Å²) in [6.45, 7) is 7.47. The minimum absolute atomic E-state index is 0.0425. The second kappa shape index (κ2) is 11.6. The van der Waals surface area contributed by atoms with Crippen LogP contribution in [0.25, 0.3) is 10.4 Å². The highest BCUT2D eigenvalue weighted by Crippen LogP contribution is 2.29. The van der Waals surface area contributed by atoms with Gasteiger partial charge in [0.15, 0.2) is 0 Å². The van der Waals surface area contributed by atoms with Gasteiger partial charge in [0.2, 0.25) is 11.8 Å². The number of nitrogens with zero attached hydrogens (tertiary/aromatic N) is 3. The van der Waals surface area contributed by atoms with Crippen LogP contribution in [0.4, 0.5) is 0 Å². The Morgan fingerprint density at radius 3 is 2.58 bits per heavy atom. The van der Waals surface area contributed by atoms with Gasteiger partial charge in [-0.3, -0.25) is 14.4 Å². The van der Waals surface area contributed by atoms with Crippen molar-refractivity contribution in [2.24, 2.45) is 0 Å². The van der Waals surface area contributed by atoms with Crippen LogP contribution in [0.15, 0.2) is 53.1 Å². The molecular weight excluding hydrogens is 504 g/mol. The summed E-state index contributed by atoms with van der Waals surface area (Å²) in [6, 6.07) is 5.76. The number of β-amino-alcohol motifs (C(OH)–C–C–N with tert-alkyl or cyclic N) is 1. The van der Waals surface area contributed by atoms with Crippen LogP contribution in [0.3, 0.4) is 0 Å². The van der Waals surface area contributed by atoms with Gasteiger partial charge in [-0.1, -0.05) is 36.4 Å². The van der Waals surface area contributed by atoms with Gasteiger partial charge in [-0.15, -0.1) is 11.3 Å². The number of amides is 3. The number of aliphatic hydroxyl groups excluding tert-OH is 2. The molecular formula is C28H34N4O5S. The van der Waals surface area contributed by atoms with Gasteiger partial charge in [-0.05, 0) is 44.4 Å². The first-order chi connectivity index (χ1) is 18.1. The molecule has 0 aliphatic carbocycles. The number of benzene rings is 1. The second-order valence-corrected chi connectivity index (χ2v) is 10.7. The van der Waals surface area contributed by atoms with E-state index in [1.165, 1.54) is 16.7 Å². The number of thiazole rings is 1. The van der Waals surface area contributed by atoms with Crippen molar-refractivity contribution in [3.63, 3.8) is 0 Å². The van der Waals surface area contributed by atoms with Crippen LogP contribution in [-0.4, -0.2) is 80.1 Å². The van der Waals surface area contributed by atoms with E-state index in [-0.39, 0.29) is 32.0 Å². The summed E-state index contributed by atoms with van der Waals surface area (Å²) in [5.74, 6) is -1.28. The highest BCUT2D eigenvalue weighted by Gasteiger charge is 2.46. The predicted molar refractivity (Wildman–Crippen MR) is 145 cm³/mol. The summed E-state index contributed by atoms with van der Waals surface area (Å²) < 4.78 is 0. The average Bonchev–Trinajstić information content (AvgIpc) is 3.56. The first-order valence-corrected chi connectivity index (χ1v) is 13.6. The number of carbonyl (C=O) groups excluding carboxylic acids is 3. The van der Waals surface area contributed by atoms with Crippen molar-refractivity contribution in [2.45, 2.75) is 65.0 Å². The van der Waals surface area contributed by atoms with Crippen molar-refractivity contribution in [1.29, 1.82) is 0 Å². The van der Waals surface area contributed by atoms with E-state index in [2.05, 4.69) is 10.3 Å². The summed E-state index contributed by atoms with van der Waals surface area (Å²) >= 11 is 1.57. The Hall–Kier alpha value is -3.34. The van der Waals surface area contributed by atoms with Crippen LogP contribution in [0.2, 0.25) is 0 Å². The molecule has 38 heavy (non-hydrogen) atoms. The second-order valence-electron chi connectivity index (χ2n) is 9.89. The molecule has 3 heterocycles. The van der Waals surface area contributed by atoms with Gasteiger partial charge in [0, 0.05) is 31.6 Å². The summed E-state index contributed by atoms with van der Waals surface area (Å²) in [7, 11) is 0. The Bertz CT molecular complexity index is 1270. The molecule has 0 saturated carbocycles. The number of allylic oxidation sites excluding steroid dienone is 1. The molecule has 1 aromatic carbocycles. The van der Waals surface area contributed by atoms with Gasteiger partial charge in [0.1, 0.15) is 12.1 Å². The molecule has 0 radical (unpaired) electrons. The number of aliphatic hydroxyl groups is 2. The summed E-state index contributed by atoms with van der Waals surface area (Å²) in [4.78, 5) is 47.9. The molecule has 1 aromatic heterocycles. The van der Waals surface area contributed by atoms with E-state index >= 15 is 0 Å². The Morgan fingerprint density at radius 2 is 1.97 bits per heavy atom. The molecule has 0 spiro atoms. The van der Waals surface area contributed by atoms with Crippen LogP contribution < -0.4 is 5.32 Å². The van der Waals surface area contributed by atoms with Gasteiger partial charge in [0.25, 0.3) is 5.91 Å². The minimum Gasteiger partial charge on any atom is -0.391 e. The lowest BCUT2D eigenvalue weighted by Crippen LogP contribution is -2.57. The number of rotatable bonds is 8. The molecule has 1 saturated heterocycles. The molecule has 4 atom stereocenters. The van der Waals surface area contributed by atoms with E-state index in [0.29, 0.717) is 5.57 Å². The maximum absolute atomic E-state index is 13.6. The fourth-order valence-corrected chi connectivity index (χ4v) is 5.90. The monoisotopic (exact) mass is 538 g/mol. The lowest BCUT2D eigenvalue weighted by atomic mass is 10.1. The Kier molecular flexibility index (Phi) is 8.44. The van der Waals surface area contributed by atoms with Gasteiger partial charge >= 0.3 is 0 Å². The number of carbonyl (C=O) groups is 3. The number of hydrogen-bond acceptors (Lipinski definition) is 7. The van der Waals surface area contributed by atoms with Gasteiger partial charge in [-0.2, -0.15) is 0 Å². The zero-order valence-electron chi connectivity index (χ0n) is 22.0. The SMILES string of the molecule is C/C=C\C1=C(C)CN([C@H](C(=O)N2C[C@H](O)C[C@H]2C(=O)NCc2ccc(-c3scnc3C)cc2)[C@H](C)O)C1=O. The van der Waals surface area contributed by atoms with E-state index in [0.717, 1.165) is 27.3 Å². The summed E-state index contributed by atoms with van der Waals surface area (Å²) in [6.07, 6.45) is 1.50. The number of nitrogens with one attached hydrogen (secondary N) is 1.